The fourth-order valence-corrected chi connectivity index (χ4v) is 2.94. The Morgan fingerprint density at radius 3 is 3.11 bits per heavy atom. The van der Waals surface area contributed by atoms with E-state index >= 15 is 0 Å². The summed E-state index contributed by atoms with van der Waals surface area (Å²) in [5.74, 6) is 0.108. The number of fused-ring (bicyclic) bond motifs is 1. The molecule has 0 radical (unpaired) electrons. The third-order valence-electron chi connectivity index (χ3n) is 2.99. The van der Waals surface area contributed by atoms with Crippen molar-refractivity contribution in [3.8, 4) is 0 Å². The molecule has 1 aliphatic rings. The minimum Gasteiger partial charge on any atom is -0.389 e. The van der Waals surface area contributed by atoms with E-state index in [1.807, 2.05) is 4.90 Å². The van der Waals surface area contributed by atoms with Gasteiger partial charge in [-0.3, -0.25) is 4.79 Å². The summed E-state index contributed by atoms with van der Waals surface area (Å²) in [6.07, 6.45) is 0.963. The van der Waals surface area contributed by atoms with Crippen LogP contribution in [0, 0.1) is 0 Å². The molecule has 0 aromatic carbocycles. The average Bonchev–Trinajstić information content (AvgIpc) is 2.73. The Labute approximate surface area is 112 Å². The number of amides is 1. The number of carbonyl (C=O) groups excluding carboxylic acids is 1. The van der Waals surface area contributed by atoms with Crippen molar-refractivity contribution >= 4 is 17.2 Å². The molecule has 100 valence electrons. The van der Waals surface area contributed by atoms with Gasteiger partial charge in [-0.2, -0.15) is 0 Å². The Morgan fingerprint density at radius 1 is 1.61 bits per heavy atom. The van der Waals surface area contributed by atoms with Gasteiger partial charge in [0.15, 0.2) is 0 Å². The molecule has 0 unspecified atom stereocenters. The number of hydrogen-bond acceptors (Lipinski definition) is 4. The van der Waals surface area contributed by atoms with Gasteiger partial charge in [0.25, 0.3) is 0 Å². The molecule has 18 heavy (non-hydrogen) atoms. The van der Waals surface area contributed by atoms with Crippen molar-refractivity contribution in [2.45, 2.75) is 32.4 Å². The third kappa shape index (κ3) is 3.54. The van der Waals surface area contributed by atoms with Crippen molar-refractivity contribution in [3.63, 3.8) is 0 Å². The van der Waals surface area contributed by atoms with Gasteiger partial charge < -0.3 is 15.3 Å². The summed E-state index contributed by atoms with van der Waals surface area (Å²) >= 11 is 1.77. The second-order valence-electron chi connectivity index (χ2n) is 5.35. The number of thiophene rings is 1. The summed E-state index contributed by atoms with van der Waals surface area (Å²) in [5, 5.41) is 14.6. The molecule has 0 bridgehead atoms. The number of carbonyl (C=O) groups is 1. The normalized spacial score (nSPS) is 15.6. The van der Waals surface area contributed by atoms with Crippen LogP contribution in [0.4, 0.5) is 0 Å². The molecule has 1 aliphatic heterocycles. The Hall–Kier alpha value is -0.910. The van der Waals surface area contributed by atoms with Crippen molar-refractivity contribution in [2.24, 2.45) is 0 Å². The lowest BCUT2D eigenvalue weighted by molar-refractivity contribution is -0.131. The quantitative estimate of drug-likeness (QED) is 0.856. The zero-order valence-corrected chi connectivity index (χ0v) is 11.7. The van der Waals surface area contributed by atoms with E-state index in [2.05, 4.69) is 16.8 Å². The van der Waals surface area contributed by atoms with Crippen molar-refractivity contribution in [1.82, 2.24) is 10.2 Å². The van der Waals surface area contributed by atoms with Gasteiger partial charge in [0.1, 0.15) is 0 Å². The Balaban J connectivity index is 1.81. The molecule has 1 amide bonds. The van der Waals surface area contributed by atoms with Crippen LogP contribution in [0.25, 0.3) is 0 Å². The summed E-state index contributed by atoms with van der Waals surface area (Å²) in [4.78, 5) is 15.3. The summed E-state index contributed by atoms with van der Waals surface area (Å²) < 4.78 is 0. The van der Waals surface area contributed by atoms with E-state index in [1.54, 1.807) is 25.2 Å². The highest BCUT2D eigenvalue weighted by atomic mass is 32.1. The van der Waals surface area contributed by atoms with Crippen LogP contribution in [-0.2, 0) is 17.8 Å². The molecular formula is C13H20N2O2S. The molecule has 4 nitrogen and oxygen atoms in total. The molecule has 0 aliphatic carbocycles. The fraction of sp³-hybridized carbons (Fsp3) is 0.615. The van der Waals surface area contributed by atoms with Gasteiger partial charge >= 0.3 is 0 Å². The average molecular weight is 268 g/mol. The lowest BCUT2D eigenvalue weighted by Gasteiger charge is -2.27. The van der Waals surface area contributed by atoms with Gasteiger partial charge in [-0.15, -0.1) is 11.3 Å². The number of rotatable bonds is 4. The minimum absolute atomic E-state index is 0.108. The van der Waals surface area contributed by atoms with E-state index in [0.29, 0.717) is 13.1 Å². The van der Waals surface area contributed by atoms with Gasteiger partial charge in [-0.25, -0.2) is 0 Å². The first-order valence-electron chi connectivity index (χ1n) is 6.22. The maximum absolute atomic E-state index is 12.0. The summed E-state index contributed by atoms with van der Waals surface area (Å²) in [6, 6.07) is 2.10. The number of nitrogens with zero attached hydrogens (tertiary/aromatic N) is 1. The molecule has 2 rings (SSSR count). The predicted molar refractivity (Wildman–Crippen MR) is 72.6 cm³/mol. The van der Waals surface area contributed by atoms with E-state index in [9.17, 15) is 9.90 Å². The van der Waals surface area contributed by atoms with Gasteiger partial charge in [-0.05, 0) is 37.3 Å². The standard InChI is InChI=1S/C13H20N2O2S/c1-13(2,17)9-14-7-12(16)15-5-3-11-10(8-15)4-6-18-11/h4,6,14,17H,3,5,7-9H2,1-2H3. The van der Waals surface area contributed by atoms with E-state index in [1.165, 1.54) is 10.4 Å². The van der Waals surface area contributed by atoms with Gasteiger partial charge in [0, 0.05) is 24.5 Å². The predicted octanol–water partition coefficient (Wildman–Crippen LogP) is 0.993. The van der Waals surface area contributed by atoms with Crippen LogP contribution >= 0.6 is 11.3 Å². The van der Waals surface area contributed by atoms with Gasteiger partial charge in [-0.1, -0.05) is 0 Å². The second-order valence-corrected chi connectivity index (χ2v) is 6.35. The number of nitrogens with one attached hydrogen (secondary N) is 1. The van der Waals surface area contributed by atoms with Crippen molar-refractivity contribution < 1.29 is 9.90 Å². The lowest BCUT2D eigenvalue weighted by Crippen LogP contribution is -2.44. The van der Waals surface area contributed by atoms with Crippen LogP contribution < -0.4 is 5.32 Å². The van der Waals surface area contributed by atoms with Crippen LogP contribution in [0.5, 0.6) is 0 Å². The largest absolute Gasteiger partial charge is 0.389 e. The highest BCUT2D eigenvalue weighted by Gasteiger charge is 2.21. The molecule has 1 aromatic heterocycles. The van der Waals surface area contributed by atoms with E-state index in [0.717, 1.165) is 19.5 Å². The molecule has 2 N–H and O–H groups in total. The van der Waals surface area contributed by atoms with Crippen molar-refractivity contribution in [2.75, 3.05) is 19.6 Å². The second kappa shape index (κ2) is 5.38. The third-order valence-corrected chi connectivity index (χ3v) is 4.02. The number of hydrogen-bond donors (Lipinski definition) is 2. The first-order valence-corrected chi connectivity index (χ1v) is 7.10. The highest BCUT2D eigenvalue weighted by Crippen LogP contribution is 2.23. The van der Waals surface area contributed by atoms with Crippen LogP contribution in [0.3, 0.4) is 0 Å². The van der Waals surface area contributed by atoms with Crippen molar-refractivity contribution in [1.29, 1.82) is 0 Å². The molecule has 0 spiro atoms. The fourth-order valence-electron chi connectivity index (χ4n) is 2.05. The van der Waals surface area contributed by atoms with Gasteiger partial charge in [0.05, 0.1) is 12.1 Å². The van der Waals surface area contributed by atoms with Crippen LogP contribution in [0.15, 0.2) is 11.4 Å². The van der Waals surface area contributed by atoms with Crippen LogP contribution in [0.1, 0.15) is 24.3 Å². The number of aliphatic hydroxyl groups is 1. The monoisotopic (exact) mass is 268 g/mol. The van der Waals surface area contributed by atoms with E-state index in [-0.39, 0.29) is 5.91 Å². The molecule has 5 heteroatoms. The Kier molecular flexibility index (Phi) is 4.04. The zero-order chi connectivity index (χ0) is 13.2. The maximum atomic E-state index is 12.0. The van der Waals surface area contributed by atoms with E-state index < -0.39 is 5.60 Å². The van der Waals surface area contributed by atoms with Crippen LogP contribution in [0.2, 0.25) is 0 Å². The molecule has 0 atom stereocenters. The lowest BCUT2D eigenvalue weighted by atomic mass is 10.1. The Morgan fingerprint density at radius 2 is 2.39 bits per heavy atom. The summed E-state index contributed by atoms with van der Waals surface area (Å²) in [6.45, 7) is 5.70. The SMILES string of the molecule is CC(C)(O)CNCC(=O)N1CCc2sccc2C1. The Bertz CT molecular complexity index is 423. The molecular weight excluding hydrogens is 248 g/mol. The van der Waals surface area contributed by atoms with Gasteiger partial charge in [0.2, 0.25) is 5.91 Å². The topological polar surface area (TPSA) is 52.6 Å². The molecule has 1 aromatic rings. The van der Waals surface area contributed by atoms with Crippen LogP contribution in [-0.4, -0.2) is 41.1 Å². The smallest absolute Gasteiger partial charge is 0.236 e. The minimum atomic E-state index is -0.775. The summed E-state index contributed by atoms with van der Waals surface area (Å²) in [5.41, 5.74) is 0.505. The molecule has 0 saturated carbocycles. The molecule has 2 heterocycles. The van der Waals surface area contributed by atoms with E-state index in [4.69, 9.17) is 0 Å². The molecule has 0 saturated heterocycles. The molecule has 0 fully saturated rings. The first-order chi connectivity index (χ1) is 8.46. The highest BCUT2D eigenvalue weighted by molar-refractivity contribution is 7.10. The van der Waals surface area contributed by atoms with Crippen molar-refractivity contribution in [3.05, 3.63) is 21.9 Å². The summed E-state index contributed by atoms with van der Waals surface area (Å²) in [7, 11) is 0. The zero-order valence-electron chi connectivity index (χ0n) is 10.9. The maximum Gasteiger partial charge on any atom is 0.236 e. The first kappa shape index (κ1) is 13.5.